The van der Waals surface area contributed by atoms with E-state index in [-0.39, 0.29) is 16.8 Å². The molecule has 0 amide bonds. The first-order chi connectivity index (χ1) is 11.9. The minimum absolute atomic E-state index is 0.0853. The van der Waals surface area contributed by atoms with Gasteiger partial charge in [0.15, 0.2) is 5.78 Å². The zero-order chi connectivity index (χ0) is 18.4. The molecule has 4 nitrogen and oxygen atoms in total. The number of carbonyl (C=O) groups is 1. The Bertz CT molecular complexity index is 745. The minimum atomic E-state index is -4.63. The number of hydrogen-bond donors (Lipinski definition) is 2. The van der Waals surface area contributed by atoms with Gasteiger partial charge in [0, 0.05) is 5.56 Å². The molecule has 0 atom stereocenters. The van der Waals surface area contributed by atoms with E-state index in [1.807, 2.05) is 12.3 Å². The van der Waals surface area contributed by atoms with Crippen LogP contribution in [0.4, 0.5) is 18.9 Å². The van der Waals surface area contributed by atoms with Crippen LogP contribution in [-0.2, 0) is 6.18 Å². The van der Waals surface area contributed by atoms with E-state index in [1.165, 1.54) is 12.1 Å². The molecule has 0 bridgehead atoms. The number of nitrogens with two attached hydrogens (primary N) is 1. The van der Waals surface area contributed by atoms with Crippen LogP contribution in [0.15, 0.2) is 42.5 Å². The molecule has 0 saturated heterocycles. The molecule has 7 heteroatoms. The van der Waals surface area contributed by atoms with E-state index < -0.39 is 17.5 Å². The summed E-state index contributed by atoms with van der Waals surface area (Å²) in [5.41, 5.74) is 0.845. The number of para-hydroxylation sites is 1. The van der Waals surface area contributed by atoms with Gasteiger partial charge in [0.05, 0.1) is 23.4 Å². The number of rotatable bonds is 7. The molecule has 0 fully saturated rings. The fourth-order valence-corrected chi connectivity index (χ4v) is 2.31. The van der Waals surface area contributed by atoms with Crippen LogP contribution in [0.1, 0.15) is 41.3 Å². The standard InChI is InChI=1S/C18H19F3N2O2/c1-2-3-10-25-16-7-5-4-6-13(16)17(24)12-8-9-15(23-22)14(11-12)18(19,20)21/h4-9,11,23H,2-3,10,22H2,1H3. The number of ketones is 1. The van der Waals surface area contributed by atoms with Crippen molar-refractivity contribution >= 4 is 11.5 Å². The van der Waals surface area contributed by atoms with Crippen molar-refractivity contribution in [2.75, 3.05) is 12.0 Å². The number of halogens is 3. The number of nitrogen functional groups attached to an aromatic ring is 1. The van der Waals surface area contributed by atoms with Gasteiger partial charge < -0.3 is 10.2 Å². The molecule has 0 aliphatic carbocycles. The van der Waals surface area contributed by atoms with E-state index in [2.05, 4.69) is 0 Å². The molecule has 2 rings (SSSR count). The van der Waals surface area contributed by atoms with Gasteiger partial charge in [-0.3, -0.25) is 10.6 Å². The summed E-state index contributed by atoms with van der Waals surface area (Å²) < 4.78 is 45.0. The molecule has 0 saturated carbocycles. The molecule has 0 heterocycles. The maximum Gasteiger partial charge on any atom is 0.418 e. The van der Waals surface area contributed by atoms with Crippen LogP contribution in [0.3, 0.4) is 0 Å². The summed E-state index contributed by atoms with van der Waals surface area (Å²) in [6.45, 7) is 2.44. The number of benzene rings is 2. The van der Waals surface area contributed by atoms with E-state index in [9.17, 15) is 18.0 Å². The molecule has 0 unspecified atom stereocenters. The Kier molecular flexibility index (Phi) is 6.03. The Balaban J connectivity index is 2.38. The Morgan fingerprint density at radius 1 is 1.20 bits per heavy atom. The van der Waals surface area contributed by atoms with Gasteiger partial charge in [-0.1, -0.05) is 25.5 Å². The first-order valence-corrected chi connectivity index (χ1v) is 7.83. The monoisotopic (exact) mass is 352 g/mol. The highest BCUT2D eigenvalue weighted by atomic mass is 19.4. The third-order valence-electron chi connectivity index (χ3n) is 3.63. The van der Waals surface area contributed by atoms with Crippen LogP contribution >= 0.6 is 0 Å². The predicted octanol–water partition coefficient (Wildman–Crippen LogP) is 4.40. The smallest absolute Gasteiger partial charge is 0.418 e. The van der Waals surface area contributed by atoms with E-state index in [0.29, 0.717) is 12.4 Å². The first-order valence-electron chi connectivity index (χ1n) is 7.83. The number of anilines is 1. The van der Waals surface area contributed by atoms with Crippen molar-refractivity contribution < 1.29 is 22.7 Å². The molecule has 0 radical (unpaired) electrons. The third kappa shape index (κ3) is 4.51. The Labute approximate surface area is 143 Å². The summed E-state index contributed by atoms with van der Waals surface area (Å²) in [6, 6.07) is 9.74. The minimum Gasteiger partial charge on any atom is -0.493 e. The molecule has 2 aromatic rings. The van der Waals surface area contributed by atoms with Crippen LogP contribution in [-0.4, -0.2) is 12.4 Å². The Morgan fingerprint density at radius 3 is 2.56 bits per heavy atom. The zero-order valence-electron chi connectivity index (χ0n) is 13.7. The van der Waals surface area contributed by atoms with Crippen molar-refractivity contribution in [2.45, 2.75) is 25.9 Å². The average Bonchev–Trinajstić information content (AvgIpc) is 2.60. The summed E-state index contributed by atoms with van der Waals surface area (Å²) in [7, 11) is 0. The highest BCUT2D eigenvalue weighted by Crippen LogP contribution is 2.36. The van der Waals surface area contributed by atoms with Gasteiger partial charge >= 0.3 is 6.18 Å². The van der Waals surface area contributed by atoms with E-state index in [1.54, 1.807) is 18.2 Å². The van der Waals surface area contributed by atoms with Crippen LogP contribution in [0, 0.1) is 0 Å². The van der Waals surface area contributed by atoms with Gasteiger partial charge in [0.1, 0.15) is 5.75 Å². The summed E-state index contributed by atoms with van der Waals surface area (Å²) >= 11 is 0. The summed E-state index contributed by atoms with van der Waals surface area (Å²) in [4.78, 5) is 12.7. The lowest BCUT2D eigenvalue weighted by Crippen LogP contribution is -2.16. The summed E-state index contributed by atoms with van der Waals surface area (Å²) in [6.07, 6.45) is -2.88. The normalized spacial score (nSPS) is 11.2. The van der Waals surface area contributed by atoms with Gasteiger partial charge in [0.25, 0.3) is 0 Å². The molecular weight excluding hydrogens is 333 g/mol. The Hall–Kier alpha value is -2.54. The average molecular weight is 352 g/mol. The number of carbonyl (C=O) groups excluding carboxylic acids is 1. The van der Waals surface area contributed by atoms with Gasteiger partial charge in [-0.25, -0.2) is 0 Å². The molecule has 25 heavy (non-hydrogen) atoms. The number of unbranched alkanes of at least 4 members (excludes halogenated alkanes) is 1. The molecule has 134 valence electrons. The Morgan fingerprint density at radius 2 is 1.92 bits per heavy atom. The molecule has 0 spiro atoms. The van der Waals surface area contributed by atoms with Gasteiger partial charge in [-0.05, 0) is 36.8 Å². The number of ether oxygens (including phenoxy) is 1. The number of hydrogen-bond acceptors (Lipinski definition) is 4. The maximum atomic E-state index is 13.1. The third-order valence-corrected chi connectivity index (χ3v) is 3.63. The lowest BCUT2D eigenvalue weighted by Gasteiger charge is -2.14. The van der Waals surface area contributed by atoms with Crippen molar-refractivity contribution in [2.24, 2.45) is 5.84 Å². The molecular formula is C18H19F3N2O2. The molecule has 3 N–H and O–H groups in total. The second-order valence-electron chi connectivity index (χ2n) is 5.43. The van der Waals surface area contributed by atoms with Crippen molar-refractivity contribution in [3.63, 3.8) is 0 Å². The van der Waals surface area contributed by atoms with Crippen molar-refractivity contribution in [3.05, 3.63) is 59.2 Å². The van der Waals surface area contributed by atoms with Crippen molar-refractivity contribution in [3.8, 4) is 5.75 Å². The lowest BCUT2D eigenvalue weighted by atomic mass is 9.99. The van der Waals surface area contributed by atoms with E-state index >= 15 is 0 Å². The number of hydrazine groups is 1. The van der Waals surface area contributed by atoms with E-state index in [4.69, 9.17) is 10.6 Å². The van der Waals surface area contributed by atoms with Gasteiger partial charge in [-0.15, -0.1) is 0 Å². The zero-order valence-corrected chi connectivity index (χ0v) is 13.7. The SMILES string of the molecule is CCCCOc1ccccc1C(=O)c1ccc(NN)c(C(F)(F)F)c1. The first kappa shape index (κ1) is 18.8. The second-order valence-corrected chi connectivity index (χ2v) is 5.43. The van der Waals surface area contributed by atoms with Crippen LogP contribution in [0.25, 0.3) is 0 Å². The van der Waals surface area contributed by atoms with Gasteiger partial charge in [0.2, 0.25) is 0 Å². The summed E-state index contributed by atoms with van der Waals surface area (Å²) in [5, 5.41) is 0. The summed E-state index contributed by atoms with van der Waals surface area (Å²) in [5.74, 6) is 4.94. The fraction of sp³-hybridized carbons (Fsp3) is 0.278. The van der Waals surface area contributed by atoms with Crippen molar-refractivity contribution in [1.82, 2.24) is 0 Å². The number of nitrogens with one attached hydrogen (secondary N) is 1. The van der Waals surface area contributed by atoms with Crippen LogP contribution in [0.5, 0.6) is 5.75 Å². The predicted molar refractivity (Wildman–Crippen MR) is 89.5 cm³/mol. The lowest BCUT2D eigenvalue weighted by molar-refractivity contribution is -0.137. The number of alkyl halides is 3. The van der Waals surface area contributed by atoms with Crippen LogP contribution in [0.2, 0.25) is 0 Å². The highest BCUT2D eigenvalue weighted by Gasteiger charge is 2.34. The molecule has 0 aliphatic rings. The fourth-order valence-electron chi connectivity index (χ4n) is 2.31. The van der Waals surface area contributed by atoms with E-state index in [0.717, 1.165) is 25.0 Å². The second kappa shape index (κ2) is 8.02. The van der Waals surface area contributed by atoms with Crippen LogP contribution < -0.4 is 16.0 Å². The van der Waals surface area contributed by atoms with Crippen molar-refractivity contribution in [1.29, 1.82) is 0 Å². The largest absolute Gasteiger partial charge is 0.493 e. The molecule has 0 aromatic heterocycles. The topological polar surface area (TPSA) is 64.3 Å². The highest BCUT2D eigenvalue weighted by molar-refractivity contribution is 6.11. The quantitative estimate of drug-likeness (QED) is 0.335. The van der Waals surface area contributed by atoms with Gasteiger partial charge in [-0.2, -0.15) is 13.2 Å². The molecule has 0 aliphatic heterocycles. The molecule has 2 aromatic carbocycles. The maximum absolute atomic E-state index is 13.1.